The van der Waals surface area contributed by atoms with Crippen molar-refractivity contribution in [3.05, 3.63) is 52.8 Å². The molecule has 1 aliphatic rings. The van der Waals surface area contributed by atoms with E-state index in [-0.39, 0.29) is 0 Å². The molecule has 0 bridgehead atoms. The lowest BCUT2D eigenvalue weighted by molar-refractivity contribution is 0.390. The van der Waals surface area contributed by atoms with Gasteiger partial charge in [-0.05, 0) is 43.5 Å². The van der Waals surface area contributed by atoms with Gasteiger partial charge in [0.25, 0.3) is 0 Å². The molecular weight excluding hydrogens is 258 g/mol. The predicted molar refractivity (Wildman–Crippen MR) is 86.6 cm³/mol. The molecule has 0 aliphatic heterocycles. The van der Waals surface area contributed by atoms with Gasteiger partial charge >= 0.3 is 0 Å². The van der Waals surface area contributed by atoms with Crippen LogP contribution in [0.5, 0.6) is 0 Å². The van der Waals surface area contributed by atoms with Crippen LogP contribution in [0.25, 0.3) is 0 Å². The van der Waals surface area contributed by atoms with E-state index < -0.39 is 0 Å². The smallest absolute Gasteiger partial charge is 0.0596 e. The minimum absolute atomic E-state index is 0.509. The number of aromatic nitrogens is 2. The third kappa shape index (κ3) is 2.88. The standard InChI is InChI=1S/C18H25N3/c1-4-9-19-18(12-15-10-13(2)20-21(15)3)17-11-14-7-5-6-8-16(14)17/h5-8,10,17-19H,4,9,11-12H2,1-3H3. The molecule has 0 fully saturated rings. The number of benzene rings is 1. The Kier molecular flexibility index (Phi) is 4.11. The molecule has 1 aromatic carbocycles. The molecule has 0 radical (unpaired) electrons. The minimum Gasteiger partial charge on any atom is -0.313 e. The van der Waals surface area contributed by atoms with E-state index in [4.69, 9.17) is 0 Å². The number of aryl methyl sites for hydroxylation is 2. The van der Waals surface area contributed by atoms with E-state index in [9.17, 15) is 0 Å². The molecule has 0 spiro atoms. The number of rotatable bonds is 6. The fraction of sp³-hybridized carbons (Fsp3) is 0.500. The Labute approximate surface area is 127 Å². The zero-order valence-corrected chi connectivity index (χ0v) is 13.3. The van der Waals surface area contributed by atoms with Crippen molar-refractivity contribution in [2.75, 3.05) is 6.54 Å². The quantitative estimate of drug-likeness (QED) is 0.883. The highest BCUT2D eigenvalue weighted by atomic mass is 15.3. The van der Waals surface area contributed by atoms with E-state index in [1.165, 1.54) is 29.7 Å². The molecular formula is C18H25N3. The highest BCUT2D eigenvalue weighted by Gasteiger charge is 2.32. The monoisotopic (exact) mass is 283 g/mol. The zero-order valence-electron chi connectivity index (χ0n) is 13.3. The summed E-state index contributed by atoms with van der Waals surface area (Å²) in [7, 11) is 2.05. The molecule has 2 atom stereocenters. The summed E-state index contributed by atoms with van der Waals surface area (Å²) < 4.78 is 2.03. The number of hydrogen-bond donors (Lipinski definition) is 1. The summed E-state index contributed by atoms with van der Waals surface area (Å²) in [4.78, 5) is 0. The molecule has 3 rings (SSSR count). The molecule has 0 saturated carbocycles. The summed E-state index contributed by atoms with van der Waals surface area (Å²) >= 11 is 0. The normalized spacial score (nSPS) is 18.1. The van der Waals surface area contributed by atoms with Gasteiger partial charge in [0.1, 0.15) is 0 Å². The molecule has 1 N–H and O–H groups in total. The van der Waals surface area contributed by atoms with Crippen molar-refractivity contribution >= 4 is 0 Å². The molecule has 2 unspecified atom stereocenters. The summed E-state index contributed by atoms with van der Waals surface area (Å²) in [5, 5.41) is 8.24. The first-order chi connectivity index (χ1) is 10.2. The Bertz CT molecular complexity index is 615. The highest BCUT2D eigenvalue weighted by Crippen LogP contribution is 2.38. The van der Waals surface area contributed by atoms with E-state index in [0.29, 0.717) is 12.0 Å². The molecule has 3 nitrogen and oxygen atoms in total. The average Bonchev–Trinajstić information content (AvgIpc) is 2.75. The number of hydrogen-bond acceptors (Lipinski definition) is 2. The van der Waals surface area contributed by atoms with Crippen molar-refractivity contribution in [3.8, 4) is 0 Å². The Hall–Kier alpha value is -1.61. The van der Waals surface area contributed by atoms with Gasteiger partial charge < -0.3 is 5.32 Å². The van der Waals surface area contributed by atoms with Crippen LogP contribution in [0.15, 0.2) is 30.3 Å². The molecule has 1 aliphatic carbocycles. The topological polar surface area (TPSA) is 29.9 Å². The van der Waals surface area contributed by atoms with Gasteiger partial charge in [0.15, 0.2) is 0 Å². The molecule has 1 aromatic heterocycles. The molecule has 0 saturated heterocycles. The summed E-state index contributed by atoms with van der Waals surface area (Å²) in [6.45, 7) is 5.38. The molecule has 112 valence electrons. The van der Waals surface area contributed by atoms with Crippen LogP contribution in [0.2, 0.25) is 0 Å². The Morgan fingerprint density at radius 1 is 1.38 bits per heavy atom. The molecule has 2 aromatic rings. The minimum atomic E-state index is 0.509. The van der Waals surface area contributed by atoms with Crippen molar-refractivity contribution in [2.45, 2.75) is 45.1 Å². The Morgan fingerprint density at radius 2 is 2.19 bits per heavy atom. The SMILES string of the molecule is CCCNC(Cc1cc(C)nn1C)C1Cc2ccccc21. The second kappa shape index (κ2) is 6.02. The van der Waals surface area contributed by atoms with Crippen LogP contribution in [-0.2, 0) is 19.9 Å². The van der Waals surface area contributed by atoms with E-state index in [1.54, 1.807) is 0 Å². The largest absolute Gasteiger partial charge is 0.313 e. The van der Waals surface area contributed by atoms with Gasteiger partial charge in [-0.25, -0.2) is 0 Å². The number of fused-ring (bicyclic) bond motifs is 1. The molecule has 3 heteroatoms. The summed E-state index contributed by atoms with van der Waals surface area (Å²) in [5.74, 6) is 0.642. The maximum Gasteiger partial charge on any atom is 0.0596 e. The van der Waals surface area contributed by atoms with Crippen LogP contribution in [0.4, 0.5) is 0 Å². The lowest BCUT2D eigenvalue weighted by Gasteiger charge is -2.37. The van der Waals surface area contributed by atoms with Crippen LogP contribution in [0.1, 0.15) is 41.8 Å². The van der Waals surface area contributed by atoms with Gasteiger partial charge in [0.05, 0.1) is 5.69 Å². The third-order valence-corrected chi connectivity index (χ3v) is 4.56. The van der Waals surface area contributed by atoms with Crippen molar-refractivity contribution in [1.82, 2.24) is 15.1 Å². The van der Waals surface area contributed by atoms with E-state index in [2.05, 4.69) is 54.6 Å². The van der Waals surface area contributed by atoms with Gasteiger partial charge in [-0.2, -0.15) is 5.10 Å². The van der Waals surface area contributed by atoms with Crippen molar-refractivity contribution in [2.24, 2.45) is 7.05 Å². The second-order valence-corrected chi connectivity index (χ2v) is 6.17. The first kappa shape index (κ1) is 14.3. The Balaban J connectivity index is 1.78. The third-order valence-electron chi connectivity index (χ3n) is 4.56. The maximum absolute atomic E-state index is 4.48. The molecule has 21 heavy (non-hydrogen) atoms. The van der Waals surface area contributed by atoms with Crippen molar-refractivity contribution in [3.63, 3.8) is 0 Å². The highest BCUT2D eigenvalue weighted by molar-refractivity contribution is 5.41. The van der Waals surface area contributed by atoms with Gasteiger partial charge in [-0.15, -0.1) is 0 Å². The second-order valence-electron chi connectivity index (χ2n) is 6.17. The zero-order chi connectivity index (χ0) is 14.8. The van der Waals surface area contributed by atoms with Gasteiger partial charge in [-0.3, -0.25) is 4.68 Å². The van der Waals surface area contributed by atoms with Crippen molar-refractivity contribution in [1.29, 1.82) is 0 Å². The number of nitrogens with one attached hydrogen (secondary N) is 1. The van der Waals surface area contributed by atoms with E-state index in [1.807, 2.05) is 11.7 Å². The Morgan fingerprint density at radius 3 is 2.86 bits per heavy atom. The molecule has 0 amide bonds. The lowest BCUT2D eigenvalue weighted by Crippen LogP contribution is -2.42. The van der Waals surface area contributed by atoms with Crippen LogP contribution < -0.4 is 5.32 Å². The summed E-state index contributed by atoms with van der Waals surface area (Å²) in [5.41, 5.74) is 5.48. The van der Waals surface area contributed by atoms with Crippen LogP contribution in [-0.4, -0.2) is 22.4 Å². The summed E-state index contributed by atoms with van der Waals surface area (Å²) in [6.07, 6.45) is 3.43. The first-order valence-corrected chi connectivity index (χ1v) is 7.99. The fourth-order valence-electron chi connectivity index (χ4n) is 3.42. The van der Waals surface area contributed by atoms with Gasteiger partial charge in [-0.1, -0.05) is 31.2 Å². The van der Waals surface area contributed by atoms with E-state index in [0.717, 1.165) is 18.7 Å². The summed E-state index contributed by atoms with van der Waals surface area (Å²) in [6, 6.07) is 11.6. The van der Waals surface area contributed by atoms with Crippen LogP contribution in [0, 0.1) is 6.92 Å². The first-order valence-electron chi connectivity index (χ1n) is 7.99. The van der Waals surface area contributed by atoms with Crippen LogP contribution >= 0.6 is 0 Å². The van der Waals surface area contributed by atoms with Gasteiger partial charge in [0.2, 0.25) is 0 Å². The molecule has 1 heterocycles. The lowest BCUT2D eigenvalue weighted by atomic mass is 9.72. The number of nitrogens with zero attached hydrogens (tertiary/aromatic N) is 2. The van der Waals surface area contributed by atoms with Crippen molar-refractivity contribution < 1.29 is 0 Å². The predicted octanol–water partition coefficient (Wildman–Crippen LogP) is 2.98. The van der Waals surface area contributed by atoms with Crippen LogP contribution in [0.3, 0.4) is 0 Å². The van der Waals surface area contributed by atoms with E-state index >= 15 is 0 Å². The fourth-order valence-corrected chi connectivity index (χ4v) is 3.42. The maximum atomic E-state index is 4.48. The average molecular weight is 283 g/mol. The van der Waals surface area contributed by atoms with Gasteiger partial charge in [0, 0.05) is 31.1 Å².